The molecule has 5 nitrogen and oxygen atoms in total. The minimum atomic E-state index is 0. The number of anilines is 1. The van der Waals surface area contributed by atoms with Gasteiger partial charge in [-0.25, -0.2) is 9.97 Å². The molecule has 0 bridgehead atoms. The summed E-state index contributed by atoms with van der Waals surface area (Å²) in [7, 11) is 0. The van der Waals surface area contributed by atoms with Gasteiger partial charge in [-0.05, 0) is 6.92 Å². The van der Waals surface area contributed by atoms with E-state index in [4.69, 9.17) is 10.8 Å². The zero-order valence-corrected chi connectivity index (χ0v) is 12.5. The van der Waals surface area contributed by atoms with E-state index in [9.17, 15) is 0 Å². The normalized spacial score (nSPS) is 9.75. The van der Waals surface area contributed by atoms with Gasteiger partial charge in [-0.3, -0.25) is 0 Å². The standard InChI is InChI=1S/C12H17N4OS.ClH.Na.H/c1-8-11(3-4-17)18-7-16(8)6-10-5-14-9(2)15-12(10)13;;;/h5,7,17H,3-4,6H2,1-2H3,(H2,13,14,15);1H;;/q+1;;;/p-1. The van der Waals surface area contributed by atoms with Crippen LogP contribution in [0.5, 0.6) is 0 Å². The fraction of sp³-hybridized carbons (Fsp3) is 0.417. The number of aromatic nitrogens is 3. The van der Waals surface area contributed by atoms with Gasteiger partial charge in [-0.15, -0.1) is 0 Å². The van der Waals surface area contributed by atoms with E-state index in [1.807, 2.05) is 19.4 Å². The van der Waals surface area contributed by atoms with Crippen molar-refractivity contribution < 1.29 is 22.1 Å². The molecule has 0 aliphatic rings. The van der Waals surface area contributed by atoms with E-state index in [2.05, 4.69) is 14.5 Å². The zero-order valence-electron chi connectivity index (χ0n) is 10.9. The maximum absolute atomic E-state index is 8.98. The van der Waals surface area contributed by atoms with Gasteiger partial charge in [-0.1, -0.05) is 11.3 Å². The number of rotatable bonds is 4. The first kappa shape index (κ1) is 19.8. The Balaban J connectivity index is 0.00000180. The quantitative estimate of drug-likeness (QED) is 0.463. The van der Waals surface area contributed by atoms with E-state index < -0.39 is 0 Å². The molecular formula is C12H18ClN4NaOS. The third kappa shape index (κ3) is 4.65. The Labute approximate surface area is 151 Å². The van der Waals surface area contributed by atoms with Crippen molar-refractivity contribution in [2.75, 3.05) is 12.3 Å². The maximum atomic E-state index is 8.98. The van der Waals surface area contributed by atoms with Crippen LogP contribution in [0.15, 0.2) is 11.7 Å². The molecule has 2 rings (SSSR count). The van der Waals surface area contributed by atoms with Crippen molar-refractivity contribution in [1.82, 2.24) is 9.97 Å². The first-order valence-electron chi connectivity index (χ1n) is 5.77. The van der Waals surface area contributed by atoms with Crippen molar-refractivity contribution in [2.24, 2.45) is 0 Å². The predicted octanol–water partition coefficient (Wildman–Crippen LogP) is -3.04. The van der Waals surface area contributed by atoms with E-state index in [0.29, 0.717) is 24.6 Å². The Hall–Kier alpha value is -0.240. The van der Waals surface area contributed by atoms with Crippen LogP contribution in [-0.2, 0) is 13.0 Å². The number of nitrogens with zero attached hydrogens (tertiary/aromatic N) is 3. The Morgan fingerprint density at radius 2 is 2.10 bits per heavy atom. The van der Waals surface area contributed by atoms with Gasteiger partial charge in [0, 0.05) is 26.1 Å². The fourth-order valence-corrected chi connectivity index (χ4v) is 2.75. The fourth-order valence-electron chi connectivity index (χ4n) is 1.77. The number of nitrogen functional groups attached to an aromatic ring is 1. The molecule has 2 heterocycles. The molecule has 0 aliphatic heterocycles. The topological polar surface area (TPSA) is 75.9 Å². The molecule has 2 aromatic heterocycles. The molecule has 0 amide bonds. The van der Waals surface area contributed by atoms with Crippen molar-refractivity contribution in [3.63, 3.8) is 0 Å². The minimum absolute atomic E-state index is 0. The van der Waals surface area contributed by atoms with Gasteiger partial charge in [0.15, 0.2) is 12.2 Å². The Kier molecular flexibility index (Phi) is 8.81. The van der Waals surface area contributed by atoms with Crippen LogP contribution in [0, 0.1) is 13.8 Å². The van der Waals surface area contributed by atoms with Gasteiger partial charge >= 0.3 is 29.6 Å². The summed E-state index contributed by atoms with van der Waals surface area (Å²) in [5, 5.41) is 8.98. The number of aryl methyl sites for hydroxylation is 1. The van der Waals surface area contributed by atoms with Crippen LogP contribution in [0.3, 0.4) is 0 Å². The number of halogens is 1. The summed E-state index contributed by atoms with van der Waals surface area (Å²) < 4.78 is 2.11. The molecule has 8 heteroatoms. The average Bonchev–Trinajstić information content (AvgIpc) is 2.66. The molecule has 0 atom stereocenters. The molecule has 2 aromatic rings. The van der Waals surface area contributed by atoms with E-state index in [0.717, 1.165) is 11.3 Å². The summed E-state index contributed by atoms with van der Waals surface area (Å²) in [6.45, 7) is 4.71. The number of hydrogen-bond acceptors (Lipinski definition) is 5. The van der Waals surface area contributed by atoms with E-state index in [1.54, 1.807) is 17.5 Å². The molecule has 0 fully saturated rings. The zero-order chi connectivity index (χ0) is 13.1. The van der Waals surface area contributed by atoms with E-state index in [-0.39, 0.29) is 48.6 Å². The average molecular weight is 325 g/mol. The molecule has 20 heavy (non-hydrogen) atoms. The number of aliphatic hydroxyl groups excluding tert-OH is 1. The summed E-state index contributed by atoms with van der Waals surface area (Å²) in [5.74, 6) is 1.22. The first-order chi connectivity index (χ1) is 8.61. The number of hydrogen-bond donors (Lipinski definition) is 2. The Morgan fingerprint density at radius 3 is 2.70 bits per heavy atom. The second-order valence-corrected chi connectivity index (χ2v) is 5.10. The van der Waals surface area contributed by atoms with E-state index >= 15 is 0 Å². The SMILES string of the molecule is Cc1ncc(C[n+]2csc(CCO)c2C)c(N)n1.[Cl-].[NaH]. The predicted molar refractivity (Wildman–Crippen MR) is 77.5 cm³/mol. The third-order valence-electron chi connectivity index (χ3n) is 2.85. The van der Waals surface area contributed by atoms with Gasteiger partial charge in [0.05, 0.1) is 10.4 Å². The van der Waals surface area contributed by atoms with Crippen LogP contribution in [0.1, 0.15) is 22.0 Å². The van der Waals surface area contributed by atoms with Crippen LogP contribution in [0.4, 0.5) is 5.82 Å². The number of nitrogens with two attached hydrogens (primary N) is 1. The molecule has 0 saturated carbocycles. The summed E-state index contributed by atoms with van der Waals surface area (Å²) in [6, 6.07) is 0. The molecule has 3 N–H and O–H groups in total. The van der Waals surface area contributed by atoms with Crippen LogP contribution in [-0.4, -0.2) is 51.2 Å². The number of thiazole rings is 1. The van der Waals surface area contributed by atoms with Crippen LogP contribution in [0.25, 0.3) is 0 Å². The first-order valence-corrected chi connectivity index (χ1v) is 6.65. The monoisotopic (exact) mass is 324 g/mol. The van der Waals surface area contributed by atoms with Gasteiger partial charge < -0.3 is 23.2 Å². The Bertz CT molecular complexity index is 564. The van der Waals surface area contributed by atoms with Gasteiger partial charge in [0.1, 0.15) is 11.6 Å². The second kappa shape index (κ2) is 8.92. The molecule has 0 aliphatic carbocycles. The van der Waals surface area contributed by atoms with Gasteiger partial charge in [0.2, 0.25) is 5.51 Å². The molecular weight excluding hydrogens is 307 g/mol. The van der Waals surface area contributed by atoms with Crippen molar-refractivity contribution in [1.29, 1.82) is 0 Å². The molecule has 0 saturated heterocycles. The summed E-state index contributed by atoms with van der Waals surface area (Å²) in [5.41, 5.74) is 10.0. The second-order valence-electron chi connectivity index (χ2n) is 4.16. The molecule has 0 spiro atoms. The Morgan fingerprint density at radius 1 is 1.40 bits per heavy atom. The van der Waals surface area contributed by atoms with Gasteiger partial charge in [0.25, 0.3) is 0 Å². The van der Waals surface area contributed by atoms with Crippen molar-refractivity contribution >= 4 is 46.7 Å². The summed E-state index contributed by atoms with van der Waals surface area (Å²) in [6.07, 6.45) is 2.47. The molecule has 0 unspecified atom stereocenters. The van der Waals surface area contributed by atoms with E-state index in [1.165, 1.54) is 4.88 Å². The third-order valence-corrected chi connectivity index (χ3v) is 4.00. The molecule has 0 radical (unpaired) electrons. The van der Waals surface area contributed by atoms with Crippen LogP contribution in [0.2, 0.25) is 0 Å². The number of aliphatic hydroxyl groups is 1. The van der Waals surface area contributed by atoms with Crippen molar-refractivity contribution in [3.05, 3.63) is 33.7 Å². The van der Waals surface area contributed by atoms with Crippen molar-refractivity contribution in [2.45, 2.75) is 26.8 Å². The van der Waals surface area contributed by atoms with Crippen molar-refractivity contribution in [3.8, 4) is 0 Å². The summed E-state index contributed by atoms with van der Waals surface area (Å²) >= 11 is 1.65. The van der Waals surface area contributed by atoms with Crippen LogP contribution < -0.4 is 22.7 Å². The summed E-state index contributed by atoms with van der Waals surface area (Å²) in [4.78, 5) is 9.53. The molecule has 0 aromatic carbocycles. The van der Waals surface area contributed by atoms with Gasteiger partial charge in [-0.2, -0.15) is 4.57 Å². The van der Waals surface area contributed by atoms with Crippen LogP contribution >= 0.6 is 11.3 Å². The molecule has 106 valence electrons.